The quantitative estimate of drug-likeness (QED) is 0.318. The van der Waals surface area contributed by atoms with E-state index >= 15 is 0 Å². The van der Waals surface area contributed by atoms with Crippen LogP contribution in [0.4, 0.5) is 0 Å². The second-order valence-electron chi connectivity index (χ2n) is 5.68. The summed E-state index contributed by atoms with van der Waals surface area (Å²) in [5.74, 6) is -0.639. The zero-order chi connectivity index (χ0) is 16.9. The molecule has 0 radical (unpaired) electrons. The summed E-state index contributed by atoms with van der Waals surface area (Å²) in [5, 5.41) is 8.52. The lowest BCUT2D eigenvalue weighted by Crippen LogP contribution is -2.30. The van der Waals surface area contributed by atoms with Gasteiger partial charge in [0.1, 0.15) is 6.61 Å². The fourth-order valence-corrected chi connectivity index (χ4v) is 2.48. The molecule has 1 aliphatic heterocycles. The Kier molecular flexibility index (Phi) is 9.95. The fraction of sp³-hybridized carbons (Fsp3) is 0.706. The van der Waals surface area contributed by atoms with Crippen LogP contribution in [0.15, 0.2) is 12.2 Å². The number of aliphatic hydroxyl groups excluding tert-OH is 1. The van der Waals surface area contributed by atoms with Gasteiger partial charge in [-0.25, -0.2) is 0 Å². The third-order valence-electron chi connectivity index (χ3n) is 3.77. The number of aliphatic hydroxyl groups is 1. The number of hydrogen-bond donors (Lipinski definition) is 1. The molecule has 0 fully saturated rings. The monoisotopic (exact) mass is 325 g/mol. The topological polar surface area (TPSA) is 83.9 Å². The first-order valence-corrected chi connectivity index (χ1v) is 8.45. The van der Waals surface area contributed by atoms with Crippen LogP contribution in [0.1, 0.15) is 57.8 Å². The number of esters is 1. The molecule has 1 heterocycles. The molecule has 23 heavy (non-hydrogen) atoms. The van der Waals surface area contributed by atoms with E-state index in [4.69, 9.17) is 9.84 Å². The van der Waals surface area contributed by atoms with Crippen molar-refractivity contribution in [2.75, 3.05) is 19.8 Å². The van der Waals surface area contributed by atoms with E-state index in [1.165, 1.54) is 17.1 Å². The van der Waals surface area contributed by atoms with Gasteiger partial charge in [0, 0.05) is 25.1 Å². The third-order valence-corrected chi connectivity index (χ3v) is 3.77. The summed E-state index contributed by atoms with van der Waals surface area (Å²) in [6.45, 7) is 0.479. The van der Waals surface area contributed by atoms with Crippen LogP contribution in [0.3, 0.4) is 0 Å². The Balaban J connectivity index is 1.84. The van der Waals surface area contributed by atoms with Gasteiger partial charge in [-0.15, -0.1) is 0 Å². The van der Waals surface area contributed by atoms with Crippen LogP contribution in [0, 0.1) is 0 Å². The molecule has 0 aromatic heterocycles. The molecule has 0 saturated carbocycles. The van der Waals surface area contributed by atoms with E-state index in [0.29, 0.717) is 13.0 Å². The molecule has 6 heteroatoms. The van der Waals surface area contributed by atoms with Crippen LogP contribution >= 0.6 is 0 Å². The molecule has 130 valence electrons. The predicted octanol–water partition coefficient (Wildman–Crippen LogP) is 1.96. The van der Waals surface area contributed by atoms with Crippen molar-refractivity contribution < 1.29 is 24.2 Å². The van der Waals surface area contributed by atoms with Crippen LogP contribution in [-0.2, 0) is 19.1 Å². The molecule has 1 N–H and O–H groups in total. The summed E-state index contributed by atoms with van der Waals surface area (Å²) in [6, 6.07) is 0. The van der Waals surface area contributed by atoms with E-state index in [-0.39, 0.29) is 31.0 Å². The van der Waals surface area contributed by atoms with Gasteiger partial charge in [-0.05, 0) is 12.8 Å². The molecule has 0 unspecified atom stereocenters. The average Bonchev–Trinajstić information content (AvgIpc) is 2.86. The van der Waals surface area contributed by atoms with Gasteiger partial charge in [0.2, 0.25) is 0 Å². The number of nitrogens with zero attached hydrogens (tertiary/aromatic N) is 1. The lowest BCUT2D eigenvalue weighted by atomic mass is 10.1. The zero-order valence-electron chi connectivity index (χ0n) is 13.7. The molecule has 0 bridgehead atoms. The second kappa shape index (κ2) is 11.8. The lowest BCUT2D eigenvalue weighted by Gasteiger charge is -2.12. The summed E-state index contributed by atoms with van der Waals surface area (Å²) in [6.07, 6.45) is 11.2. The molecule has 0 aromatic carbocycles. The summed E-state index contributed by atoms with van der Waals surface area (Å²) < 4.78 is 4.78. The van der Waals surface area contributed by atoms with E-state index in [0.717, 1.165) is 51.4 Å². The molecular weight excluding hydrogens is 298 g/mol. The van der Waals surface area contributed by atoms with Crippen LogP contribution in [-0.4, -0.2) is 47.5 Å². The van der Waals surface area contributed by atoms with Crippen molar-refractivity contribution in [2.24, 2.45) is 0 Å². The number of rotatable bonds is 13. The normalized spacial score (nSPS) is 13.9. The zero-order valence-corrected chi connectivity index (χ0v) is 13.7. The Bertz CT molecular complexity index is 401. The third kappa shape index (κ3) is 8.50. The van der Waals surface area contributed by atoms with Gasteiger partial charge in [0.15, 0.2) is 0 Å². The molecule has 1 rings (SSSR count). The largest absolute Gasteiger partial charge is 0.463 e. The van der Waals surface area contributed by atoms with Crippen LogP contribution < -0.4 is 0 Å². The standard InChI is InChI=1S/C17H27NO5/c19-13-14-23-17(22)9-7-5-3-1-2-4-6-8-12-18-15(20)10-11-16(18)21/h10-11,19H,1-9,12-14H2. The molecule has 2 amide bonds. The number of amides is 2. The minimum atomic E-state index is -0.237. The summed E-state index contributed by atoms with van der Waals surface area (Å²) in [7, 11) is 0. The molecule has 0 atom stereocenters. The van der Waals surface area contributed by atoms with Crippen molar-refractivity contribution in [3.8, 4) is 0 Å². The first-order valence-electron chi connectivity index (χ1n) is 8.45. The minimum Gasteiger partial charge on any atom is -0.463 e. The Hall–Kier alpha value is -1.69. The van der Waals surface area contributed by atoms with E-state index in [2.05, 4.69) is 0 Å². The maximum absolute atomic E-state index is 11.3. The number of unbranched alkanes of at least 4 members (excludes halogenated alkanes) is 7. The molecule has 6 nitrogen and oxygen atoms in total. The maximum atomic E-state index is 11.3. The number of carbonyl (C=O) groups is 3. The summed E-state index contributed by atoms with van der Waals surface area (Å²) >= 11 is 0. The highest BCUT2D eigenvalue weighted by Crippen LogP contribution is 2.11. The number of hydrogen-bond acceptors (Lipinski definition) is 5. The first kappa shape index (κ1) is 19.4. The van der Waals surface area contributed by atoms with Crippen molar-refractivity contribution in [3.63, 3.8) is 0 Å². The van der Waals surface area contributed by atoms with Crippen molar-refractivity contribution in [3.05, 3.63) is 12.2 Å². The van der Waals surface area contributed by atoms with E-state index in [1.54, 1.807) is 0 Å². The first-order chi connectivity index (χ1) is 11.1. The Morgan fingerprint density at radius 2 is 1.43 bits per heavy atom. The van der Waals surface area contributed by atoms with Crippen LogP contribution in [0.25, 0.3) is 0 Å². The highest BCUT2D eigenvalue weighted by Gasteiger charge is 2.21. The van der Waals surface area contributed by atoms with Crippen molar-refractivity contribution >= 4 is 17.8 Å². The number of imide groups is 1. The smallest absolute Gasteiger partial charge is 0.305 e. The van der Waals surface area contributed by atoms with Crippen molar-refractivity contribution in [1.82, 2.24) is 4.90 Å². The minimum absolute atomic E-state index is 0.0868. The molecular formula is C17H27NO5. The van der Waals surface area contributed by atoms with Crippen molar-refractivity contribution in [2.45, 2.75) is 57.8 Å². The lowest BCUT2D eigenvalue weighted by molar-refractivity contribution is -0.144. The van der Waals surface area contributed by atoms with Gasteiger partial charge in [-0.1, -0.05) is 38.5 Å². The average molecular weight is 325 g/mol. The van der Waals surface area contributed by atoms with Crippen LogP contribution in [0.2, 0.25) is 0 Å². The fourth-order valence-electron chi connectivity index (χ4n) is 2.48. The second-order valence-corrected chi connectivity index (χ2v) is 5.68. The highest BCUT2D eigenvalue weighted by atomic mass is 16.5. The highest BCUT2D eigenvalue weighted by molar-refractivity contribution is 6.12. The molecule has 0 saturated heterocycles. The van der Waals surface area contributed by atoms with E-state index in [1.807, 2.05) is 0 Å². The van der Waals surface area contributed by atoms with E-state index in [9.17, 15) is 14.4 Å². The number of ether oxygens (including phenoxy) is 1. The van der Waals surface area contributed by atoms with Gasteiger partial charge in [-0.2, -0.15) is 0 Å². The van der Waals surface area contributed by atoms with Gasteiger partial charge in [0.25, 0.3) is 11.8 Å². The maximum Gasteiger partial charge on any atom is 0.305 e. The van der Waals surface area contributed by atoms with Crippen molar-refractivity contribution in [1.29, 1.82) is 0 Å². The molecule has 0 aromatic rings. The Morgan fingerprint density at radius 1 is 0.913 bits per heavy atom. The molecule has 1 aliphatic rings. The molecule has 0 aliphatic carbocycles. The molecule has 0 spiro atoms. The van der Waals surface area contributed by atoms with Gasteiger partial charge < -0.3 is 9.84 Å². The van der Waals surface area contributed by atoms with Gasteiger partial charge in [-0.3, -0.25) is 19.3 Å². The SMILES string of the molecule is O=C(CCCCCCCCCCN1C(=O)C=CC1=O)OCCO. The van der Waals surface area contributed by atoms with Crippen LogP contribution in [0.5, 0.6) is 0 Å². The van der Waals surface area contributed by atoms with Gasteiger partial charge >= 0.3 is 5.97 Å². The predicted molar refractivity (Wildman–Crippen MR) is 85.5 cm³/mol. The summed E-state index contributed by atoms with van der Waals surface area (Å²) in [5.41, 5.74) is 0. The Labute approximate surface area is 137 Å². The van der Waals surface area contributed by atoms with Gasteiger partial charge in [0.05, 0.1) is 6.61 Å². The summed E-state index contributed by atoms with van der Waals surface area (Å²) in [4.78, 5) is 35.1. The number of carbonyl (C=O) groups excluding carboxylic acids is 3. The Morgan fingerprint density at radius 3 is 2.00 bits per heavy atom. The van der Waals surface area contributed by atoms with E-state index < -0.39 is 0 Å².